The molecule has 0 aliphatic heterocycles. The zero-order chi connectivity index (χ0) is 22.4. The van der Waals surface area contributed by atoms with Gasteiger partial charge in [-0.05, 0) is 66.7 Å². The van der Waals surface area contributed by atoms with Crippen LogP contribution >= 0.6 is 0 Å². The highest BCUT2D eigenvalue weighted by atomic mass is 16.6. The molecule has 3 N–H and O–H groups in total. The highest BCUT2D eigenvalue weighted by Gasteiger charge is 2.23. The number of nitrogens with one attached hydrogen (secondary N) is 3. The van der Waals surface area contributed by atoms with E-state index in [-0.39, 0.29) is 5.56 Å². The van der Waals surface area contributed by atoms with Gasteiger partial charge >= 0.3 is 18.1 Å². The Balaban J connectivity index is 2.68. The molecule has 160 valence electrons. The van der Waals surface area contributed by atoms with Crippen molar-refractivity contribution in [2.75, 3.05) is 5.32 Å². The van der Waals surface area contributed by atoms with Crippen molar-refractivity contribution in [2.24, 2.45) is 0 Å². The van der Waals surface area contributed by atoms with Crippen molar-refractivity contribution in [1.29, 1.82) is 0 Å². The molecular weight excluding hydrogens is 378 g/mol. The molecule has 0 aromatic heterocycles. The molecule has 1 aromatic carbocycles. The van der Waals surface area contributed by atoms with Crippen LogP contribution in [0.2, 0.25) is 0 Å². The number of ether oxygens (including phenoxy) is 2. The standard InChI is InChI=1S/C20H29N3O6/c1-12(15(24)22-17(26)23-19(2,3)4)28-16(25)13-9-8-10-14(11-13)21-18(27)29-20(5,6)7/h8-12H,1-7H3,(H,21,27)(H2,22,23,24,26). The molecule has 0 radical (unpaired) electrons. The van der Waals surface area contributed by atoms with Crippen molar-refractivity contribution < 1.29 is 28.7 Å². The molecule has 1 rings (SSSR count). The summed E-state index contributed by atoms with van der Waals surface area (Å²) >= 11 is 0. The van der Waals surface area contributed by atoms with Crippen LogP contribution in [0.4, 0.5) is 15.3 Å². The average molecular weight is 407 g/mol. The maximum atomic E-state index is 12.3. The molecule has 0 bridgehead atoms. The quantitative estimate of drug-likeness (QED) is 0.659. The Hall–Kier alpha value is -3.10. The minimum Gasteiger partial charge on any atom is -0.449 e. The predicted octanol–water partition coefficient (Wildman–Crippen LogP) is 3.20. The zero-order valence-electron chi connectivity index (χ0n) is 17.8. The lowest BCUT2D eigenvalue weighted by Gasteiger charge is -2.21. The Morgan fingerprint density at radius 3 is 2.17 bits per heavy atom. The molecule has 1 unspecified atom stereocenters. The van der Waals surface area contributed by atoms with E-state index in [2.05, 4.69) is 16.0 Å². The summed E-state index contributed by atoms with van der Waals surface area (Å²) in [4.78, 5) is 47.9. The Morgan fingerprint density at radius 2 is 1.62 bits per heavy atom. The second kappa shape index (κ2) is 9.40. The van der Waals surface area contributed by atoms with Crippen LogP contribution in [0.15, 0.2) is 24.3 Å². The minimum atomic E-state index is -1.20. The molecule has 1 atom stereocenters. The van der Waals surface area contributed by atoms with Crippen molar-refractivity contribution in [3.8, 4) is 0 Å². The van der Waals surface area contributed by atoms with E-state index >= 15 is 0 Å². The maximum absolute atomic E-state index is 12.3. The number of carbonyl (C=O) groups excluding carboxylic acids is 4. The molecule has 29 heavy (non-hydrogen) atoms. The second-order valence-electron chi connectivity index (χ2n) is 8.45. The number of hydrogen-bond donors (Lipinski definition) is 3. The maximum Gasteiger partial charge on any atom is 0.412 e. The molecule has 9 nitrogen and oxygen atoms in total. The Labute approximate surface area is 170 Å². The predicted molar refractivity (Wildman–Crippen MR) is 108 cm³/mol. The van der Waals surface area contributed by atoms with E-state index in [9.17, 15) is 19.2 Å². The fraction of sp³-hybridized carbons (Fsp3) is 0.500. The van der Waals surface area contributed by atoms with Gasteiger partial charge in [-0.15, -0.1) is 0 Å². The molecular formula is C20H29N3O6. The third-order valence-corrected chi connectivity index (χ3v) is 3.12. The lowest BCUT2D eigenvalue weighted by atomic mass is 10.1. The van der Waals surface area contributed by atoms with Crippen LogP contribution in [-0.4, -0.2) is 41.2 Å². The average Bonchev–Trinajstić information content (AvgIpc) is 2.51. The number of rotatable bonds is 4. The first-order valence-electron chi connectivity index (χ1n) is 9.10. The van der Waals surface area contributed by atoms with Crippen molar-refractivity contribution in [2.45, 2.75) is 65.7 Å². The first kappa shape index (κ1) is 23.9. The van der Waals surface area contributed by atoms with Gasteiger partial charge in [0.05, 0.1) is 5.56 Å². The van der Waals surface area contributed by atoms with Crippen LogP contribution in [-0.2, 0) is 14.3 Å². The molecule has 1 aromatic rings. The fourth-order valence-electron chi connectivity index (χ4n) is 2.01. The molecule has 0 aliphatic carbocycles. The van der Waals surface area contributed by atoms with Crippen LogP contribution in [0.25, 0.3) is 0 Å². The van der Waals surface area contributed by atoms with Crippen LogP contribution in [0.1, 0.15) is 58.8 Å². The number of imide groups is 1. The van der Waals surface area contributed by atoms with Crippen LogP contribution < -0.4 is 16.0 Å². The van der Waals surface area contributed by atoms with Crippen molar-refractivity contribution in [3.05, 3.63) is 29.8 Å². The van der Waals surface area contributed by atoms with E-state index in [1.165, 1.54) is 19.1 Å². The highest BCUT2D eigenvalue weighted by Crippen LogP contribution is 2.15. The van der Waals surface area contributed by atoms with E-state index in [0.717, 1.165) is 0 Å². The van der Waals surface area contributed by atoms with Gasteiger partial charge in [0.2, 0.25) is 0 Å². The molecule has 0 spiro atoms. The number of esters is 1. The minimum absolute atomic E-state index is 0.123. The van der Waals surface area contributed by atoms with Gasteiger partial charge < -0.3 is 14.8 Å². The topological polar surface area (TPSA) is 123 Å². The summed E-state index contributed by atoms with van der Waals surface area (Å²) < 4.78 is 10.2. The summed E-state index contributed by atoms with van der Waals surface area (Å²) in [5.41, 5.74) is -0.734. The highest BCUT2D eigenvalue weighted by molar-refractivity contribution is 5.99. The van der Waals surface area contributed by atoms with Gasteiger partial charge in [0, 0.05) is 11.2 Å². The first-order chi connectivity index (χ1) is 13.2. The van der Waals surface area contributed by atoms with E-state index in [4.69, 9.17) is 9.47 Å². The van der Waals surface area contributed by atoms with E-state index in [1.54, 1.807) is 53.7 Å². The SMILES string of the molecule is CC(OC(=O)c1cccc(NC(=O)OC(C)(C)C)c1)C(=O)NC(=O)NC(C)(C)C. The largest absolute Gasteiger partial charge is 0.449 e. The fourth-order valence-corrected chi connectivity index (χ4v) is 2.01. The molecule has 0 fully saturated rings. The number of carbonyl (C=O) groups is 4. The van der Waals surface area contributed by atoms with Crippen LogP contribution in [0.5, 0.6) is 0 Å². The van der Waals surface area contributed by atoms with E-state index in [0.29, 0.717) is 5.69 Å². The second-order valence-corrected chi connectivity index (χ2v) is 8.45. The van der Waals surface area contributed by atoms with Gasteiger partial charge in [-0.2, -0.15) is 0 Å². The lowest BCUT2D eigenvalue weighted by Crippen LogP contribution is -2.50. The van der Waals surface area contributed by atoms with Gasteiger partial charge in [0.15, 0.2) is 6.10 Å². The Bertz CT molecular complexity index is 777. The summed E-state index contributed by atoms with van der Waals surface area (Å²) in [5, 5.41) is 7.20. The van der Waals surface area contributed by atoms with Crippen molar-refractivity contribution >= 4 is 29.7 Å². The third-order valence-electron chi connectivity index (χ3n) is 3.12. The van der Waals surface area contributed by atoms with Crippen molar-refractivity contribution in [3.63, 3.8) is 0 Å². The molecule has 0 aliphatic rings. The number of amides is 4. The number of urea groups is 1. The number of anilines is 1. The zero-order valence-corrected chi connectivity index (χ0v) is 17.8. The summed E-state index contributed by atoms with van der Waals surface area (Å²) in [5.74, 6) is -1.54. The monoisotopic (exact) mass is 407 g/mol. The van der Waals surface area contributed by atoms with E-state index < -0.39 is 41.2 Å². The molecule has 0 saturated carbocycles. The van der Waals surface area contributed by atoms with Crippen LogP contribution in [0, 0.1) is 0 Å². The smallest absolute Gasteiger partial charge is 0.412 e. The number of hydrogen-bond acceptors (Lipinski definition) is 6. The van der Waals surface area contributed by atoms with E-state index in [1.807, 2.05) is 0 Å². The Kier molecular flexibility index (Phi) is 7.76. The number of benzene rings is 1. The summed E-state index contributed by atoms with van der Waals surface area (Å²) in [7, 11) is 0. The van der Waals surface area contributed by atoms with Crippen molar-refractivity contribution in [1.82, 2.24) is 10.6 Å². The Morgan fingerprint density at radius 1 is 1.00 bits per heavy atom. The molecule has 0 heterocycles. The van der Waals surface area contributed by atoms with Gasteiger partial charge in [0.1, 0.15) is 5.60 Å². The molecule has 9 heteroatoms. The van der Waals surface area contributed by atoms with Gasteiger partial charge in [-0.25, -0.2) is 14.4 Å². The normalized spacial score (nSPS) is 12.4. The van der Waals surface area contributed by atoms with Gasteiger partial charge in [0.25, 0.3) is 5.91 Å². The first-order valence-corrected chi connectivity index (χ1v) is 9.10. The molecule has 4 amide bonds. The third kappa shape index (κ3) is 9.59. The van der Waals surface area contributed by atoms with Gasteiger partial charge in [-0.1, -0.05) is 6.07 Å². The van der Waals surface area contributed by atoms with Crippen LogP contribution in [0.3, 0.4) is 0 Å². The summed E-state index contributed by atoms with van der Waals surface area (Å²) in [6.07, 6.45) is -1.86. The summed E-state index contributed by atoms with van der Waals surface area (Å²) in [6, 6.07) is 5.30. The lowest BCUT2D eigenvalue weighted by molar-refractivity contribution is -0.127. The van der Waals surface area contributed by atoms with Gasteiger partial charge in [-0.3, -0.25) is 15.4 Å². The molecule has 0 saturated heterocycles. The summed E-state index contributed by atoms with van der Waals surface area (Å²) in [6.45, 7) is 11.8.